The first-order valence-corrected chi connectivity index (χ1v) is 8.86. The van der Waals surface area contributed by atoms with Crippen LogP contribution in [-0.4, -0.2) is 45.1 Å². The van der Waals surface area contributed by atoms with Gasteiger partial charge in [-0.15, -0.1) is 0 Å². The second kappa shape index (κ2) is 5.26. The minimum atomic E-state index is -3.63. The van der Waals surface area contributed by atoms with Crippen LogP contribution in [0.2, 0.25) is 0 Å². The number of carbonyl (C=O) groups is 1. The van der Waals surface area contributed by atoms with Gasteiger partial charge in [0.15, 0.2) is 5.81 Å². The quantitative estimate of drug-likeness (QED) is 0.527. The lowest BCUT2D eigenvalue weighted by Crippen LogP contribution is -2.54. The van der Waals surface area contributed by atoms with Crippen LogP contribution in [0.25, 0.3) is 0 Å². The highest BCUT2D eigenvalue weighted by Crippen LogP contribution is 2.42. The summed E-state index contributed by atoms with van der Waals surface area (Å²) in [6.45, 7) is 0. The maximum absolute atomic E-state index is 12.6. The van der Waals surface area contributed by atoms with E-state index >= 15 is 0 Å². The molecule has 3 rings (SSSR count). The van der Waals surface area contributed by atoms with Crippen molar-refractivity contribution in [2.45, 2.75) is 24.8 Å². The van der Waals surface area contributed by atoms with Crippen molar-refractivity contribution >= 4 is 35.3 Å². The molecule has 0 saturated carbocycles. The fraction of sp³-hybridized carbons (Fsp3) is 0.429. The SMILES string of the molecule is [B]C(=O)NC1=N[C@@]2(CCCc3ccc(N)cc32)CS(=O)(=O)N1C. The number of amides is 1. The van der Waals surface area contributed by atoms with Crippen molar-refractivity contribution in [2.75, 3.05) is 18.5 Å². The number of aliphatic imine (C=N–C) groups is 1. The Morgan fingerprint density at radius 1 is 1.48 bits per heavy atom. The number of hydrogen-bond acceptors (Lipinski definition) is 5. The number of anilines is 1. The third kappa shape index (κ3) is 2.69. The first-order chi connectivity index (χ1) is 10.7. The number of nitrogens with two attached hydrogens (primary N) is 1. The number of nitrogens with zero attached hydrogens (tertiary/aromatic N) is 2. The van der Waals surface area contributed by atoms with Crippen molar-refractivity contribution in [2.24, 2.45) is 4.99 Å². The average Bonchev–Trinajstić information content (AvgIpc) is 2.45. The van der Waals surface area contributed by atoms with Crippen LogP contribution in [-0.2, 0) is 22.0 Å². The summed E-state index contributed by atoms with van der Waals surface area (Å²) in [5, 5.41) is 2.31. The molecule has 3 N–H and O–H groups in total. The van der Waals surface area contributed by atoms with Crippen molar-refractivity contribution in [3.05, 3.63) is 29.3 Å². The van der Waals surface area contributed by atoms with Gasteiger partial charge in [0.25, 0.3) is 0 Å². The lowest BCUT2D eigenvalue weighted by molar-refractivity contribution is 0.262. The van der Waals surface area contributed by atoms with Crippen molar-refractivity contribution in [3.63, 3.8) is 0 Å². The summed E-state index contributed by atoms with van der Waals surface area (Å²) in [5.41, 5.74) is 7.35. The lowest BCUT2D eigenvalue weighted by atomic mass is 9.78. The van der Waals surface area contributed by atoms with Crippen LogP contribution in [0.3, 0.4) is 0 Å². The van der Waals surface area contributed by atoms with Crippen LogP contribution in [0, 0.1) is 0 Å². The monoisotopic (exact) mass is 332 g/mol. The molecule has 9 heteroatoms. The maximum Gasteiger partial charge on any atom is 0.239 e. The standard InChI is InChI=1S/C14H17BN4O3S/c1-19-13(17-12(15)20)18-14(8-23(19,21)22)6-2-3-9-4-5-10(16)7-11(9)14/h4-5,7H,2-3,6,8,16H2,1H3,(H,17,18,20)/t14-/m0/s1. The third-order valence-corrected chi connectivity index (χ3v) is 6.21. The van der Waals surface area contributed by atoms with E-state index in [1.54, 1.807) is 12.1 Å². The summed E-state index contributed by atoms with van der Waals surface area (Å²) in [4.78, 5) is 15.8. The number of nitrogens with one attached hydrogen (secondary N) is 1. The van der Waals surface area contributed by atoms with Crippen molar-refractivity contribution in [1.82, 2.24) is 9.62 Å². The largest absolute Gasteiger partial charge is 0.399 e. The van der Waals surface area contributed by atoms with E-state index in [0.717, 1.165) is 28.3 Å². The second-order valence-corrected chi connectivity index (χ2v) is 7.95. The zero-order chi connectivity index (χ0) is 16.8. The molecule has 0 unspecified atom stereocenters. The van der Waals surface area contributed by atoms with E-state index in [-0.39, 0.29) is 11.7 Å². The number of guanidine groups is 1. The number of benzene rings is 1. The fourth-order valence-corrected chi connectivity index (χ4v) is 4.78. The number of aryl methyl sites for hydroxylation is 1. The summed E-state index contributed by atoms with van der Waals surface area (Å²) in [6.07, 6.45) is 2.23. The third-order valence-electron chi connectivity index (χ3n) is 4.36. The minimum Gasteiger partial charge on any atom is -0.399 e. The summed E-state index contributed by atoms with van der Waals surface area (Å²) < 4.78 is 26.1. The maximum atomic E-state index is 12.6. The van der Waals surface area contributed by atoms with E-state index < -0.39 is 21.4 Å². The van der Waals surface area contributed by atoms with Gasteiger partial charge in [-0.05, 0) is 42.5 Å². The van der Waals surface area contributed by atoms with E-state index in [0.29, 0.717) is 12.1 Å². The van der Waals surface area contributed by atoms with Crippen LogP contribution in [0.15, 0.2) is 23.2 Å². The van der Waals surface area contributed by atoms with Gasteiger partial charge in [0, 0.05) is 12.7 Å². The van der Waals surface area contributed by atoms with Crippen molar-refractivity contribution < 1.29 is 13.2 Å². The summed E-state index contributed by atoms with van der Waals surface area (Å²) in [5.74, 6) is -1.07. The fourth-order valence-electron chi connectivity index (χ4n) is 3.27. The molecule has 1 aliphatic carbocycles. The Kier molecular flexibility index (Phi) is 3.63. The molecule has 1 aromatic carbocycles. The normalized spacial score (nSPS) is 25.6. The number of fused-ring (bicyclic) bond motifs is 2. The number of sulfonamides is 1. The summed E-state index contributed by atoms with van der Waals surface area (Å²) in [7, 11) is 2.86. The van der Waals surface area contributed by atoms with Gasteiger partial charge in [0.1, 0.15) is 5.54 Å². The Labute approximate surface area is 136 Å². The Hall–Kier alpha value is -2.03. The number of nitrogen functional groups attached to an aromatic ring is 1. The molecule has 1 spiro atoms. The molecule has 1 aromatic rings. The highest BCUT2D eigenvalue weighted by molar-refractivity contribution is 7.89. The lowest BCUT2D eigenvalue weighted by Gasteiger charge is -2.41. The summed E-state index contributed by atoms with van der Waals surface area (Å²) in [6, 6.07) is 5.49. The molecule has 0 aromatic heterocycles. The Morgan fingerprint density at radius 3 is 2.91 bits per heavy atom. The molecule has 7 nitrogen and oxygen atoms in total. The number of hydrogen-bond donors (Lipinski definition) is 2. The molecule has 1 aliphatic heterocycles. The molecule has 0 fully saturated rings. The predicted molar refractivity (Wildman–Crippen MR) is 88.7 cm³/mol. The topological polar surface area (TPSA) is 105 Å². The molecule has 2 aliphatic rings. The van der Waals surface area contributed by atoms with Crippen molar-refractivity contribution in [1.29, 1.82) is 0 Å². The van der Waals surface area contributed by atoms with Gasteiger partial charge < -0.3 is 11.1 Å². The number of rotatable bonds is 0. The van der Waals surface area contributed by atoms with E-state index in [9.17, 15) is 13.2 Å². The minimum absolute atomic E-state index is 0.0565. The highest BCUT2D eigenvalue weighted by atomic mass is 32.2. The van der Waals surface area contributed by atoms with Gasteiger partial charge in [-0.1, -0.05) is 6.07 Å². The zero-order valence-corrected chi connectivity index (χ0v) is 13.6. The van der Waals surface area contributed by atoms with Gasteiger partial charge in [0.2, 0.25) is 23.8 Å². The van der Waals surface area contributed by atoms with Crippen LogP contribution in [0.4, 0.5) is 10.5 Å². The average molecular weight is 332 g/mol. The Balaban J connectivity index is 2.20. The molecule has 2 radical (unpaired) electrons. The van der Waals surface area contributed by atoms with Crippen LogP contribution in [0.1, 0.15) is 24.0 Å². The molecule has 1 atom stereocenters. The zero-order valence-electron chi connectivity index (χ0n) is 12.7. The van der Waals surface area contributed by atoms with Gasteiger partial charge in [0.05, 0.1) is 5.75 Å². The van der Waals surface area contributed by atoms with Gasteiger partial charge >= 0.3 is 0 Å². The molecular formula is C14H17BN4O3S. The van der Waals surface area contributed by atoms with E-state index in [2.05, 4.69) is 10.3 Å². The van der Waals surface area contributed by atoms with E-state index in [1.165, 1.54) is 7.05 Å². The summed E-state index contributed by atoms with van der Waals surface area (Å²) >= 11 is 0. The van der Waals surface area contributed by atoms with Crippen LogP contribution in [0.5, 0.6) is 0 Å². The molecular weight excluding hydrogens is 315 g/mol. The van der Waals surface area contributed by atoms with E-state index in [1.807, 2.05) is 6.07 Å². The molecule has 1 heterocycles. The Morgan fingerprint density at radius 2 is 2.22 bits per heavy atom. The second-order valence-electron chi connectivity index (χ2n) is 5.95. The molecule has 0 bridgehead atoms. The van der Waals surface area contributed by atoms with Gasteiger partial charge in [-0.25, -0.2) is 17.7 Å². The smallest absolute Gasteiger partial charge is 0.239 e. The first kappa shape index (κ1) is 15.9. The van der Waals surface area contributed by atoms with Crippen LogP contribution < -0.4 is 11.1 Å². The molecule has 23 heavy (non-hydrogen) atoms. The van der Waals surface area contributed by atoms with Crippen LogP contribution >= 0.6 is 0 Å². The van der Waals surface area contributed by atoms with Gasteiger partial charge in [-0.3, -0.25) is 4.79 Å². The highest BCUT2D eigenvalue weighted by Gasteiger charge is 2.46. The Bertz CT molecular complexity index is 808. The van der Waals surface area contributed by atoms with Gasteiger partial charge in [-0.2, -0.15) is 0 Å². The van der Waals surface area contributed by atoms with Crippen molar-refractivity contribution in [3.8, 4) is 0 Å². The van der Waals surface area contributed by atoms with E-state index in [4.69, 9.17) is 13.6 Å². The molecule has 0 saturated heterocycles. The number of carbonyl (C=O) groups excluding carboxylic acids is 1. The molecule has 1 amide bonds. The first-order valence-electron chi connectivity index (χ1n) is 7.25. The molecule has 120 valence electrons. The predicted octanol–water partition coefficient (Wildman–Crippen LogP) is 0.310.